The molecule has 0 amide bonds. The first-order chi connectivity index (χ1) is 13.5. The standard InChI is InChI=1S/C24H37NO3/c1-5-6-15-27-23-22(26-16-14-18-10-8-7-9-11-18)20-17-19(25-4)12-13-21(20)28-24(23,2)3/h5-6,12-13,17-18,22-23,25H,7-11,14-16H2,1-4H3. The van der Waals surface area contributed by atoms with Crippen molar-refractivity contribution in [1.82, 2.24) is 0 Å². The molecule has 0 spiro atoms. The molecule has 3 rings (SSSR count). The molecule has 4 heteroatoms. The molecule has 1 aromatic carbocycles. The average molecular weight is 388 g/mol. The summed E-state index contributed by atoms with van der Waals surface area (Å²) in [5.74, 6) is 1.71. The number of anilines is 1. The van der Waals surface area contributed by atoms with Gasteiger partial charge in [0.25, 0.3) is 0 Å². The van der Waals surface area contributed by atoms with Crippen LogP contribution in [0.5, 0.6) is 5.75 Å². The highest BCUT2D eigenvalue weighted by Crippen LogP contribution is 2.44. The van der Waals surface area contributed by atoms with Gasteiger partial charge in [-0.2, -0.15) is 0 Å². The fraction of sp³-hybridized carbons (Fsp3) is 0.667. The Kier molecular flexibility index (Phi) is 7.42. The minimum absolute atomic E-state index is 0.124. The lowest BCUT2D eigenvalue weighted by molar-refractivity contribution is -0.158. The van der Waals surface area contributed by atoms with Gasteiger partial charge in [-0.3, -0.25) is 0 Å². The quantitative estimate of drug-likeness (QED) is 0.565. The van der Waals surface area contributed by atoms with Crippen molar-refractivity contribution in [3.63, 3.8) is 0 Å². The topological polar surface area (TPSA) is 39.7 Å². The Balaban J connectivity index is 1.78. The number of fused-ring (bicyclic) bond motifs is 1. The van der Waals surface area contributed by atoms with Gasteiger partial charge in [0.15, 0.2) is 0 Å². The number of hydrogen-bond acceptors (Lipinski definition) is 4. The summed E-state index contributed by atoms with van der Waals surface area (Å²) in [6, 6.07) is 6.24. The van der Waals surface area contributed by atoms with E-state index in [0.29, 0.717) is 6.61 Å². The summed E-state index contributed by atoms with van der Waals surface area (Å²) >= 11 is 0. The third-order valence-electron chi connectivity index (χ3n) is 6.09. The van der Waals surface area contributed by atoms with Crippen LogP contribution >= 0.6 is 0 Å². The van der Waals surface area contributed by atoms with E-state index in [0.717, 1.165) is 35.9 Å². The molecule has 0 bridgehead atoms. The molecule has 1 aliphatic carbocycles. The first kappa shape index (κ1) is 21.2. The molecule has 2 unspecified atom stereocenters. The van der Waals surface area contributed by atoms with Crippen LogP contribution < -0.4 is 10.1 Å². The third kappa shape index (κ3) is 5.09. The fourth-order valence-electron chi connectivity index (χ4n) is 4.45. The maximum atomic E-state index is 6.53. The van der Waals surface area contributed by atoms with Crippen molar-refractivity contribution in [2.75, 3.05) is 25.6 Å². The lowest BCUT2D eigenvalue weighted by Gasteiger charge is -2.44. The zero-order chi connectivity index (χ0) is 20.0. The second-order valence-corrected chi connectivity index (χ2v) is 8.62. The van der Waals surface area contributed by atoms with Crippen molar-refractivity contribution in [2.24, 2.45) is 5.92 Å². The van der Waals surface area contributed by atoms with Crippen LogP contribution in [0.3, 0.4) is 0 Å². The van der Waals surface area contributed by atoms with Gasteiger partial charge in [0.05, 0.1) is 6.61 Å². The average Bonchev–Trinajstić information content (AvgIpc) is 2.70. The van der Waals surface area contributed by atoms with Gasteiger partial charge >= 0.3 is 0 Å². The van der Waals surface area contributed by atoms with Crippen LogP contribution in [0.2, 0.25) is 0 Å². The molecule has 156 valence electrons. The lowest BCUT2D eigenvalue weighted by Crippen LogP contribution is -2.51. The second kappa shape index (κ2) is 9.80. The summed E-state index contributed by atoms with van der Waals surface area (Å²) in [6.07, 6.45) is 11.8. The highest BCUT2D eigenvalue weighted by Gasteiger charge is 2.45. The smallest absolute Gasteiger partial charge is 0.132 e. The molecular weight excluding hydrogens is 350 g/mol. The van der Waals surface area contributed by atoms with Crippen molar-refractivity contribution in [3.8, 4) is 5.75 Å². The fourth-order valence-corrected chi connectivity index (χ4v) is 4.45. The van der Waals surface area contributed by atoms with Crippen LogP contribution in [0, 0.1) is 5.92 Å². The van der Waals surface area contributed by atoms with Gasteiger partial charge in [-0.05, 0) is 51.3 Å². The molecule has 4 nitrogen and oxygen atoms in total. The van der Waals surface area contributed by atoms with E-state index in [1.165, 1.54) is 32.1 Å². The third-order valence-corrected chi connectivity index (χ3v) is 6.09. The molecule has 1 aliphatic heterocycles. The Labute approximate surface area is 170 Å². The second-order valence-electron chi connectivity index (χ2n) is 8.62. The number of benzene rings is 1. The van der Waals surface area contributed by atoms with Crippen molar-refractivity contribution in [2.45, 2.75) is 77.1 Å². The van der Waals surface area contributed by atoms with E-state index >= 15 is 0 Å². The monoisotopic (exact) mass is 387 g/mol. The Hall–Kier alpha value is -1.52. The van der Waals surface area contributed by atoms with Gasteiger partial charge in [0.1, 0.15) is 23.6 Å². The Morgan fingerprint density at radius 1 is 1.18 bits per heavy atom. The van der Waals surface area contributed by atoms with Crippen LogP contribution in [-0.4, -0.2) is 32.0 Å². The predicted molar refractivity (Wildman–Crippen MR) is 115 cm³/mol. The molecule has 1 saturated carbocycles. The Morgan fingerprint density at radius 2 is 1.96 bits per heavy atom. The van der Waals surface area contributed by atoms with E-state index in [4.69, 9.17) is 14.2 Å². The number of allylic oxidation sites excluding steroid dienone is 1. The lowest BCUT2D eigenvalue weighted by atomic mass is 9.86. The molecular formula is C24H37NO3. The summed E-state index contributed by atoms with van der Waals surface area (Å²) in [5.41, 5.74) is 1.70. The summed E-state index contributed by atoms with van der Waals surface area (Å²) in [6.45, 7) is 7.55. The molecule has 1 N–H and O–H groups in total. The van der Waals surface area contributed by atoms with Gasteiger partial charge in [0, 0.05) is 24.9 Å². The predicted octanol–water partition coefficient (Wildman–Crippen LogP) is 5.89. The molecule has 2 aliphatic rings. The van der Waals surface area contributed by atoms with E-state index in [1.54, 1.807) is 0 Å². The van der Waals surface area contributed by atoms with Crippen LogP contribution in [0.25, 0.3) is 0 Å². The van der Waals surface area contributed by atoms with Gasteiger partial charge in [-0.1, -0.05) is 44.3 Å². The highest BCUT2D eigenvalue weighted by atomic mass is 16.6. The van der Waals surface area contributed by atoms with Crippen LogP contribution in [0.4, 0.5) is 5.69 Å². The molecule has 0 radical (unpaired) electrons. The van der Waals surface area contributed by atoms with Crippen molar-refractivity contribution >= 4 is 5.69 Å². The zero-order valence-electron chi connectivity index (χ0n) is 18.0. The molecule has 0 saturated heterocycles. The van der Waals surface area contributed by atoms with Crippen LogP contribution in [0.15, 0.2) is 30.4 Å². The molecule has 1 aromatic rings. The van der Waals surface area contributed by atoms with Gasteiger partial charge in [-0.25, -0.2) is 0 Å². The van der Waals surface area contributed by atoms with E-state index in [-0.39, 0.29) is 12.2 Å². The molecule has 1 fully saturated rings. The molecule has 2 atom stereocenters. The van der Waals surface area contributed by atoms with Crippen molar-refractivity contribution in [3.05, 3.63) is 35.9 Å². The van der Waals surface area contributed by atoms with Crippen LogP contribution in [-0.2, 0) is 9.47 Å². The highest BCUT2D eigenvalue weighted by molar-refractivity contribution is 5.53. The molecule has 0 aromatic heterocycles. The summed E-state index contributed by atoms with van der Waals surface area (Å²) in [5, 5.41) is 3.23. The van der Waals surface area contributed by atoms with Gasteiger partial charge in [0.2, 0.25) is 0 Å². The van der Waals surface area contributed by atoms with E-state index < -0.39 is 5.60 Å². The van der Waals surface area contributed by atoms with Gasteiger partial charge in [-0.15, -0.1) is 0 Å². The van der Waals surface area contributed by atoms with Crippen LogP contribution in [0.1, 0.15) is 71.0 Å². The van der Waals surface area contributed by atoms with E-state index in [9.17, 15) is 0 Å². The Bertz CT molecular complexity index is 649. The first-order valence-corrected chi connectivity index (χ1v) is 10.9. The van der Waals surface area contributed by atoms with E-state index in [2.05, 4.69) is 31.3 Å². The normalized spacial score (nSPS) is 24.7. The minimum atomic E-state index is -0.453. The number of rotatable bonds is 8. The van der Waals surface area contributed by atoms with Crippen molar-refractivity contribution in [1.29, 1.82) is 0 Å². The summed E-state index contributed by atoms with van der Waals surface area (Å²) in [4.78, 5) is 0. The molecule has 1 heterocycles. The van der Waals surface area contributed by atoms with Gasteiger partial charge < -0.3 is 19.5 Å². The minimum Gasteiger partial charge on any atom is -0.485 e. The maximum absolute atomic E-state index is 6.53. The largest absolute Gasteiger partial charge is 0.485 e. The molecule has 28 heavy (non-hydrogen) atoms. The van der Waals surface area contributed by atoms with Crippen molar-refractivity contribution < 1.29 is 14.2 Å². The van der Waals surface area contributed by atoms with E-state index in [1.807, 2.05) is 32.2 Å². The first-order valence-electron chi connectivity index (χ1n) is 10.9. The SMILES string of the molecule is CC=CCOC1C(OCCC2CCCCC2)c2cc(NC)ccc2OC1(C)C. The maximum Gasteiger partial charge on any atom is 0.132 e. The summed E-state index contributed by atoms with van der Waals surface area (Å²) in [7, 11) is 1.94. The number of nitrogens with one attached hydrogen (secondary N) is 1. The summed E-state index contributed by atoms with van der Waals surface area (Å²) < 4.78 is 19.1. The number of hydrogen-bond donors (Lipinski definition) is 1. The number of ether oxygens (including phenoxy) is 3. The zero-order valence-corrected chi connectivity index (χ0v) is 18.0. The Morgan fingerprint density at radius 3 is 2.68 bits per heavy atom.